The van der Waals surface area contributed by atoms with Crippen LogP contribution in [-0.2, 0) is 11.3 Å². The Morgan fingerprint density at radius 3 is 2.81 bits per heavy atom. The summed E-state index contributed by atoms with van der Waals surface area (Å²) in [5.74, 6) is 1.01. The van der Waals surface area contributed by atoms with Gasteiger partial charge in [-0.15, -0.1) is 0 Å². The molecule has 0 saturated carbocycles. The van der Waals surface area contributed by atoms with Crippen molar-refractivity contribution >= 4 is 0 Å². The first-order valence-electron chi connectivity index (χ1n) is 7.85. The second-order valence-electron chi connectivity index (χ2n) is 6.84. The summed E-state index contributed by atoms with van der Waals surface area (Å²) in [6.07, 6.45) is 1.97. The molecular weight excluding hydrogens is 264 g/mol. The van der Waals surface area contributed by atoms with Crippen molar-refractivity contribution in [2.75, 3.05) is 26.3 Å². The predicted molar refractivity (Wildman–Crippen MR) is 83.4 cm³/mol. The number of hydrogen-bond donors (Lipinski definition) is 1. The first kappa shape index (κ1) is 14.8. The highest BCUT2D eigenvalue weighted by molar-refractivity contribution is 5.34. The minimum absolute atomic E-state index is 0.0164. The van der Waals surface area contributed by atoms with Gasteiger partial charge in [0, 0.05) is 37.3 Å². The van der Waals surface area contributed by atoms with Gasteiger partial charge >= 0.3 is 0 Å². The quantitative estimate of drug-likeness (QED) is 0.907. The van der Waals surface area contributed by atoms with Crippen LogP contribution in [0.15, 0.2) is 24.3 Å². The maximum absolute atomic E-state index is 6.22. The Hall–Kier alpha value is -1.10. The molecule has 4 heteroatoms. The van der Waals surface area contributed by atoms with E-state index in [0.29, 0.717) is 6.54 Å². The van der Waals surface area contributed by atoms with Crippen LogP contribution in [0.1, 0.15) is 32.3 Å². The van der Waals surface area contributed by atoms with Gasteiger partial charge in [0.1, 0.15) is 12.4 Å². The lowest BCUT2D eigenvalue weighted by Crippen LogP contribution is -2.60. The van der Waals surface area contributed by atoms with Crippen LogP contribution in [0.5, 0.6) is 5.75 Å². The molecule has 0 radical (unpaired) electrons. The molecule has 1 aromatic rings. The molecule has 1 unspecified atom stereocenters. The largest absolute Gasteiger partial charge is 0.492 e. The summed E-state index contributed by atoms with van der Waals surface area (Å²) >= 11 is 0. The van der Waals surface area contributed by atoms with Gasteiger partial charge in [-0.1, -0.05) is 18.2 Å². The van der Waals surface area contributed by atoms with Crippen molar-refractivity contribution in [3.8, 4) is 5.75 Å². The molecule has 1 saturated heterocycles. The zero-order valence-corrected chi connectivity index (χ0v) is 13.1. The van der Waals surface area contributed by atoms with Gasteiger partial charge in [-0.3, -0.25) is 4.90 Å². The normalized spacial score (nSPS) is 29.3. The summed E-state index contributed by atoms with van der Waals surface area (Å²) in [6, 6.07) is 8.32. The predicted octanol–water partition coefficient (Wildman–Crippen LogP) is 2.17. The lowest BCUT2D eigenvalue weighted by Gasteiger charge is -2.50. The maximum Gasteiger partial charge on any atom is 0.123 e. The van der Waals surface area contributed by atoms with Crippen LogP contribution in [0.2, 0.25) is 0 Å². The summed E-state index contributed by atoms with van der Waals surface area (Å²) in [7, 11) is 0. The summed E-state index contributed by atoms with van der Waals surface area (Å²) < 4.78 is 11.8. The van der Waals surface area contributed by atoms with E-state index >= 15 is 0 Å². The standard InChI is InChI=1S/C17H26N2O2/c1-16(2)12-17(13-18,7-9-21-16)19-8-10-20-15-6-4-3-5-14(15)11-19/h3-6H,7-13,18H2,1-2H3. The van der Waals surface area contributed by atoms with Crippen molar-refractivity contribution in [3.05, 3.63) is 29.8 Å². The Balaban J connectivity index is 1.87. The highest BCUT2D eigenvalue weighted by atomic mass is 16.5. The van der Waals surface area contributed by atoms with Gasteiger partial charge in [0.2, 0.25) is 0 Å². The van der Waals surface area contributed by atoms with E-state index in [2.05, 4.69) is 36.9 Å². The van der Waals surface area contributed by atoms with Gasteiger partial charge in [0.15, 0.2) is 0 Å². The van der Waals surface area contributed by atoms with Crippen LogP contribution in [0.4, 0.5) is 0 Å². The monoisotopic (exact) mass is 290 g/mol. The van der Waals surface area contributed by atoms with E-state index in [9.17, 15) is 0 Å². The number of hydrogen-bond acceptors (Lipinski definition) is 4. The Kier molecular flexibility index (Phi) is 3.95. The second-order valence-corrected chi connectivity index (χ2v) is 6.84. The van der Waals surface area contributed by atoms with Gasteiger partial charge in [0.05, 0.1) is 5.60 Å². The van der Waals surface area contributed by atoms with Crippen molar-refractivity contribution in [1.82, 2.24) is 4.90 Å². The lowest BCUT2D eigenvalue weighted by atomic mass is 9.79. The van der Waals surface area contributed by atoms with Crippen molar-refractivity contribution in [3.63, 3.8) is 0 Å². The number of rotatable bonds is 2. The van der Waals surface area contributed by atoms with E-state index < -0.39 is 0 Å². The summed E-state index contributed by atoms with van der Waals surface area (Å²) in [5.41, 5.74) is 7.39. The molecule has 116 valence electrons. The molecule has 0 amide bonds. The fraction of sp³-hybridized carbons (Fsp3) is 0.647. The molecule has 0 bridgehead atoms. The number of benzene rings is 1. The van der Waals surface area contributed by atoms with Crippen LogP contribution in [0.25, 0.3) is 0 Å². The van der Waals surface area contributed by atoms with Crippen molar-refractivity contribution in [1.29, 1.82) is 0 Å². The van der Waals surface area contributed by atoms with Crippen molar-refractivity contribution in [2.45, 2.75) is 44.4 Å². The number of nitrogens with zero attached hydrogens (tertiary/aromatic N) is 1. The number of para-hydroxylation sites is 1. The van der Waals surface area contributed by atoms with Crippen LogP contribution in [0.3, 0.4) is 0 Å². The van der Waals surface area contributed by atoms with Crippen molar-refractivity contribution < 1.29 is 9.47 Å². The minimum Gasteiger partial charge on any atom is -0.492 e. The topological polar surface area (TPSA) is 47.7 Å². The number of nitrogens with two attached hydrogens (primary N) is 1. The second kappa shape index (κ2) is 5.59. The van der Waals surface area contributed by atoms with Gasteiger partial charge in [-0.2, -0.15) is 0 Å². The molecule has 1 fully saturated rings. The first-order chi connectivity index (χ1) is 10.0. The molecule has 2 aliphatic heterocycles. The smallest absolute Gasteiger partial charge is 0.123 e. The van der Waals surface area contributed by atoms with Gasteiger partial charge < -0.3 is 15.2 Å². The molecule has 1 aromatic carbocycles. The van der Waals surface area contributed by atoms with E-state index in [-0.39, 0.29) is 11.1 Å². The molecule has 2 heterocycles. The van der Waals surface area contributed by atoms with E-state index in [1.165, 1.54) is 5.56 Å². The molecule has 0 aliphatic carbocycles. The zero-order valence-electron chi connectivity index (χ0n) is 13.1. The van der Waals surface area contributed by atoms with Crippen LogP contribution < -0.4 is 10.5 Å². The molecule has 1 atom stereocenters. The summed E-state index contributed by atoms with van der Waals surface area (Å²) in [5, 5.41) is 0. The van der Waals surface area contributed by atoms with Gasteiger partial charge in [0.25, 0.3) is 0 Å². The first-order valence-corrected chi connectivity index (χ1v) is 7.85. The lowest BCUT2D eigenvalue weighted by molar-refractivity contribution is -0.120. The molecule has 2 aliphatic rings. The van der Waals surface area contributed by atoms with Crippen LogP contribution in [-0.4, -0.2) is 42.3 Å². The Bertz CT molecular complexity index is 503. The van der Waals surface area contributed by atoms with Gasteiger partial charge in [-0.05, 0) is 32.8 Å². The third-order valence-corrected chi connectivity index (χ3v) is 4.82. The Labute approximate surface area is 127 Å². The Morgan fingerprint density at radius 2 is 2.05 bits per heavy atom. The molecule has 2 N–H and O–H groups in total. The third kappa shape index (κ3) is 2.93. The van der Waals surface area contributed by atoms with E-state index in [1.54, 1.807) is 0 Å². The molecule has 21 heavy (non-hydrogen) atoms. The number of ether oxygens (including phenoxy) is 2. The minimum atomic E-state index is -0.107. The van der Waals surface area contributed by atoms with E-state index in [4.69, 9.17) is 15.2 Å². The van der Waals surface area contributed by atoms with Gasteiger partial charge in [-0.25, -0.2) is 0 Å². The molecular formula is C17H26N2O2. The molecule has 0 aromatic heterocycles. The highest BCUT2D eigenvalue weighted by Gasteiger charge is 2.44. The third-order valence-electron chi connectivity index (χ3n) is 4.82. The molecule has 4 nitrogen and oxygen atoms in total. The average Bonchev–Trinajstić information content (AvgIpc) is 2.68. The number of fused-ring (bicyclic) bond motifs is 1. The fourth-order valence-corrected chi connectivity index (χ4v) is 3.75. The molecule has 0 spiro atoms. The SMILES string of the molecule is CC1(C)CC(CN)(N2CCOc3ccccc3C2)CCO1. The average molecular weight is 290 g/mol. The zero-order chi connectivity index (χ0) is 14.9. The van der Waals surface area contributed by atoms with Crippen molar-refractivity contribution in [2.24, 2.45) is 5.73 Å². The van der Waals surface area contributed by atoms with E-state index in [0.717, 1.165) is 44.9 Å². The molecule has 3 rings (SSSR count). The van der Waals surface area contributed by atoms with Crippen LogP contribution in [0, 0.1) is 0 Å². The van der Waals surface area contributed by atoms with Crippen LogP contribution >= 0.6 is 0 Å². The Morgan fingerprint density at radius 1 is 1.24 bits per heavy atom. The highest BCUT2D eigenvalue weighted by Crippen LogP contribution is 2.38. The summed E-state index contributed by atoms with van der Waals surface area (Å²) in [6.45, 7) is 8.33. The maximum atomic E-state index is 6.22. The van der Waals surface area contributed by atoms with E-state index in [1.807, 2.05) is 6.07 Å². The fourth-order valence-electron chi connectivity index (χ4n) is 3.75. The summed E-state index contributed by atoms with van der Waals surface area (Å²) in [4.78, 5) is 2.52.